The van der Waals surface area contributed by atoms with Gasteiger partial charge in [-0.05, 0) is 18.6 Å². The zero-order valence-electron chi connectivity index (χ0n) is 9.18. The molecule has 1 fully saturated rings. The monoisotopic (exact) mass is 238 g/mol. The summed E-state index contributed by atoms with van der Waals surface area (Å²) in [6.45, 7) is 2.09. The molecule has 0 spiro atoms. The molecule has 1 amide bonds. The number of carbonyl (C=O) groups is 2. The van der Waals surface area contributed by atoms with E-state index in [9.17, 15) is 9.59 Å². The third kappa shape index (κ3) is 2.24. The lowest BCUT2D eigenvalue weighted by molar-refractivity contribution is -0.127. The number of amides is 1. The lowest BCUT2D eigenvalue weighted by Gasteiger charge is -2.19. The lowest BCUT2D eigenvalue weighted by atomic mass is 10.4. The number of thiophene rings is 1. The summed E-state index contributed by atoms with van der Waals surface area (Å²) in [7, 11) is 1.83. The molecule has 0 N–H and O–H groups in total. The van der Waals surface area contributed by atoms with Crippen LogP contribution in [0.5, 0.6) is 0 Å². The van der Waals surface area contributed by atoms with Gasteiger partial charge in [0, 0.05) is 20.1 Å². The molecule has 1 aliphatic heterocycles. The summed E-state index contributed by atoms with van der Waals surface area (Å²) in [4.78, 5) is 26.8. The summed E-state index contributed by atoms with van der Waals surface area (Å²) in [5.41, 5.74) is 0. The highest BCUT2D eigenvalue weighted by atomic mass is 32.1. The summed E-state index contributed by atoms with van der Waals surface area (Å²) in [5.74, 6) is 0.138. The van der Waals surface area contributed by atoms with Crippen molar-refractivity contribution in [2.24, 2.45) is 0 Å². The maximum Gasteiger partial charge on any atom is 0.241 e. The fraction of sp³-hybridized carbons (Fsp3) is 0.455. The second-order valence-corrected chi connectivity index (χ2v) is 4.98. The van der Waals surface area contributed by atoms with Crippen molar-refractivity contribution in [3.8, 4) is 0 Å². The number of hydrogen-bond acceptors (Lipinski definition) is 4. The van der Waals surface area contributed by atoms with Crippen molar-refractivity contribution in [2.75, 3.05) is 31.6 Å². The number of likely N-dealkylation sites (N-methyl/N-ethyl adjacent to an activating group) is 1. The number of carbonyl (C=O) groups excluding carboxylic acids is 2. The first-order chi connectivity index (χ1) is 7.70. The molecular weight excluding hydrogens is 224 g/mol. The summed E-state index contributed by atoms with van der Waals surface area (Å²) in [6.07, 6.45) is 1.82. The van der Waals surface area contributed by atoms with Gasteiger partial charge in [-0.25, -0.2) is 0 Å². The van der Waals surface area contributed by atoms with Gasteiger partial charge in [-0.3, -0.25) is 9.59 Å². The Morgan fingerprint density at radius 2 is 2.19 bits per heavy atom. The van der Waals surface area contributed by atoms with E-state index in [-0.39, 0.29) is 5.91 Å². The molecule has 86 valence electrons. The Balaban J connectivity index is 2.14. The van der Waals surface area contributed by atoms with Gasteiger partial charge in [0.2, 0.25) is 5.91 Å². The van der Waals surface area contributed by atoms with E-state index in [0.717, 1.165) is 30.8 Å². The van der Waals surface area contributed by atoms with Gasteiger partial charge in [-0.1, -0.05) is 0 Å². The van der Waals surface area contributed by atoms with Crippen LogP contribution in [-0.4, -0.2) is 43.8 Å². The molecule has 1 aliphatic rings. The van der Waals surface area contributed by atoms with Gasteiger partial charge in [0.05, 0.1) is 16.4 Å². The first-order valence-corrected chi connectivity index (χ1v) is 6.06. The van der Waals surface area contributed by atoms with Gasteiger partial charge >= 0.3 is 0 Å². The zero-order chi connectivity index (χ0) is 11.5. The van der Waals surface area contributed by atoms with E-state index in [1.165, 1.54) is 11.3 Å². The quantitative estimate of drug-likeness (QED) is 0.728. The summed E-state index contributed by atoms with van der Waals surface area (Å²) >= 11 is 1.44. The van der Waals surface area contributed by atoms with Crippen molar-refractivity contribution in [2.45, 2.75) is 6.42 Å². The molecule has 2 rings (SSSR count). The van der Waals surface area contributed by atoms with Crippen LogP contribution in [0.15, 0.2) is 12.1 Å². The molecule has 0 radical (unpaired) electrons. The Labute approximate surface area is 98.5 Å². The summed E-state index contributed by atoms with van der Waals surface area (Å²) in [6, 6.07) is 3.71. The van der Waals surface area contributed by atoms with E-state index in [0.29, 0.717) is 11.4 Å². The maximum atomic E-state index is 11.7. The van der Waals surface area contributed by atoms with Crippen LogP contribution in [0.25, 0.3) is 0 Å². The second kappa shape index (κ2) is 4.65. The lowest BCUT2D eigenvalue weighted by Crippen LogP contribution is -2.33. The highest BCUT2D eigenvalue weighted by Crippen LogP contribution is 2.25. The minimum atomic E-state index is 0.138. The third-order valence-electron chi connectivity index (χ3n) is 2.71. The van der Waals surface area contributed by atoms with Crippen LogP contribution >= 0.6 is 11.3 Å². The van der Waals surface area contributed by atoms with Gasteiger partial charge in [-0.15, -0.1) is 11.3 Å². The van der Waals surface area contributed by atoms with Gasteiger partial charge in [0.1, 0.15) is 0 Å². The van der Waals surface area contributed by atoms with Gasteiger partial charge in [0.25, 0.3) is 0 Å². The van der Waals surface area contributed by atoms with E-state index < -0.39 is 0 Å². The SMILES string of the molecule is CN1CCCN(c2ccc(C=O)s2)CC1=O. The standard InChI is InChI=1S/C11H14N2O2S/c1-12-5-2-6-13(7-10(12)15)11-4-3-9(8-14)16-11/h3-4,8H,2,5-7H2,1H3. The molecule has 1 aromatic rings. The van der Waals surface area contributed by atoms with Crippen LogP contribution < -0.4 is 4.90 Å². The fourth-order valence-corrected chi connectivity index (χ4v) is 2.60. The minimum Gasteiger partial charge on any atom is -0.354 e. The molecule has 4 nitrogen and oxygen atoms in total. The molecule has 1 aromatic heterocycles. The second-order valence-electron chi connectivity index (χ2n) is 3.88. The van der Waals surface area contributed by atoms with Crippen molar-refractivity contribution in [3.63, 3.8) is 0 Å². The highest BCUT2D eigenvalue weighted by Gasteiger charge is 2.19. The summed E-state index contributed by atoms with van der Waals surface area (Å²) in [5, 5.41) is 1.01. The van der Waals surface area contributed by atoms with Crippen LogP contribution in [0.3, 0.4) is 0 Å². The molecule has 0 atom stereocenters. The molecule has 2 heterocycles. The molecular formula is C11H14N2O2S. The predicted molar refractivity (Wildman–Crippen MR) is 64.2 cm³/mol. The number of nitrogens with zero attached hydrogens (tertiary/aromatic N) is 2. The van der Waals surface area contributed by atoms with Crippen molar-refractivity contribution in [1.82, 2.24) is 4.90 Å². The van der Waals surface area contributed by atoms with Crippen LogP contribution in [0.4, 0.5) is 5.00 Å². The molecule has 16 heavy (non-hydrogen) atoms. The van der Waals surface area contributed by atoms with E-state index in [1.54, 1.807) is 11.0 Å². The average molecular weight is 238 g/mol. The normalized spacial score (nSPS) is 17.4. The molecule has 0 bridgehead atoms. The van der Waals surface area contributed by atoms with Gasteiger partial charge < -0.3 is 9.80 Å². The van der Waals surface area contributed by atoms with Crippen molar-refractivity contribution < 1.29 is 9.59 Å². The first kappa shape index (κ1) is 11.1. The van der Waals surface area contributed by atoms with Crippen LogP contribution in [-0.2, 0) is 4.79 Å². The third-order valence-corrected chi connectivity index (χ3v) is 3.79. The molecule has 0 aromatic carbocycles. The molecule has 0 aliphatic carbocycles. The minimum absolute atomic E-state index is 0.138. The predicted octanol–water partition coefficient (Wildman–Crippen LogP) is 1.23. The van der Waals surface area contributed by atoms with Gasteiger partial charge in [-0.2, -0.15) is 0 Å². The van der Waals surface area contributed by atoms with Crippen LogP contribution in [0.2, 0.25) is 0 Å². The van der Waals surface area contributed by atoms with Crippen molar-refractivity contribution >= 4 is 28.5 Å². The Morgan fingerprint density at radius 1 is 1.38 bits per heavy atom. The average Bonchev–Trinajstić information content (AvgIpc) is 2.69. The highest BCUT2D eigenvalue weighted by molar-refractivity contribution is 7.17. The largest absolute Gasteiger partial charge is 0.354 e. The number of hydrogen-bond donors (Lipinski definition) is 0. The fourth-order valence-electron chi connectivity index (χ4n) is 1.75. The number of rotatable bonds is 2. The number of aldehydes is 1. The maximum absolute atomic E-state index is 11.7. The van der Waals surface area contributed by atoms with Crippen molar-refractivity contribution in [1.29, 1.82) is 0 Å². The molecule has 0 saturated carbocycles. The topological polar surface area (TPSA) is 40.6 Å². The summed E-state index contributed by atoms with van der Waals surface area (Å²) < 4.78 is 0. The van der Waals surface area contributed by atoms with Crippen LogP contribution in [0, 0.1) is 0 Å². The Kier molecular flexibility index (Phi) is 3.24. The van der Waals surface area contributed by atoms with Gasteiger partial charge in [0.15, 0.2) is 6.29 Å². The number of anilines is 1. The zero-order valence-corrected chi connectivity index (χ0v) is 10.00. The van der Waals surface area contributed by atoms with E-state index in [2.05, 4.69) is 0 Å². The molecule has 0 unspecified atom stereocenters. The van der Waals surface area contributed by atoms with Crippen molar-refractivity contribution in [3.05, 3.63) is 17.0 Å². The molecule has 1 saturated heterocycles. The Bertz CT molecular complexity index is 402. The Morgan fingerprint density at radius 3 is 2.88 bits per heavy atom. The smallest absolute Gasteiger partial charge is 0.241 e. The Hall–Kier alpha value is -1.36. The first-order valence-electron chi connectivity index (χ1n) is 5.24. The molecule has 5 heteroatoms. The van der Waals surface area contributed by atoms with E-state index in [1.807, 2.05) is 18.0 Å². The van der Waals surface area contributed by atoms with E-state index in [4.69, 9.17) is 0 Å². The van der Waals surface area contributed by atoms with E-state index >= 15 is 0 Å². The van der Waals surface area contributed by atoms with Crippen LogP contribution in [0.1, 0.15) is 16.1 Å².